The fourth-order valence-electron chi connectivity index (χ4n) is 6.06. The molecule has 0 aliphatic carbocycles. The Bertz CT molecular complexity index is 867. The quantitative estimate of drug-likeness (QED) is 0.659. The number of nitrogens with zero attached hydrogens (tertiary/aromatic N) is 5. The lowest BCUT2D eigenvalue weighted by Crippen LogP contribution is -2.54. The van der Waals surface area contributed by atoms with Crippen LogP contribution < -0.4 is 4.90 Å². The van der Waals surface area contributed by atoms with E-state index in [9.17, 15) is 9.59 Å². The van der Waals surface area contributed by atoms with Gasteiger partial charge in [0.1, 0.15) is 0 Å². The van der Waals surface area contributed by atoms with Crippen LogP contribution in [0.15, 0.2) is 24.3 Å². The molecule has 2 saturated heterocycles. The second-order valence-corrected chi connectivity index (χ2v) is 10.9. The van der Waals surface area contributed by atoms with Crippen molar-refractivity contribution >= 4 is 17.5 Å². The van der Waals surface area contributed by atoms with Crippen molar-refractivity contribution in [2.24, 2.45) is 0 Å². The molecule has 4 rings (SSSR count). The van der Waals surface area contributed by atoms with Gasteiger partial charge in [-0.1, -0.05) is 31.5 Å². The van der Waals surface area contributed by atoms with Crippen molar-refractivity contribution in [3.8, 4) is 0 Å². The number of hydrogen-bond acceptors (Lipinski definition) is 5. The zero-order valence-corrected chi connectivity index (χ0v) is 22.3. The van der Waals surface area contributed by atoms with E-state index < -0.39 is 0 Å². The van der Waals surface area contributed by atoms with Gasteiger partial charge in [-0.25, -0.2) is 0 Å². The number of benzene rings is 1. The van der Waals surface area contributed by atoms with Gasteiger partial charge in [0.05, 0.1) is 6.54 Å². The van der Waals surface area contributed by atoms with Gasteiger partial charge in [0.25, 0.3) is 0 Å². The molecular formula is C28H45N5O2. The molecule has 2 amide bonds. The van der Waals surface area contributed by atoms with Crippen molar-refractivity contribution in [1.82, 2.24) is 19.6 Å². The van der Waals surface area contributed by atoms with Gasteiger partial charge in [0, 0.05) is 76.0 Å². The Balaban J connectivity index is 1.58. The van der Waals surface area contributed by atoms with Crippen LogP contribution in [0.4, 0.5) is 5.69 Å². The van der Waals surface area contributed by atoms with E-state index in [2.05, 4.69) is 52.6 Å². The molecule has 2 unspecified atom stereocenters. The summed E-state index contributed by atoms with van der Waals surface area (Å²) < 4.78 is 0. The van der Waals surface area contributed by atoms with Gasteiger partial charge >= 0.3 is 0 Å². The average molecular weight is 484 g/mol. The number of rotatable bonds is 4. The Labute approximate surface area is 212 Å². The molecule has 3 aliphatic heterocycles. The Kier molecular flexibility index (Phi) is 8.84. The number of likely N-dealkylation sites (N-methyl/N-ethyl adjacent to an activating group) is 1. The van der Waals surface area contributed by atoms with E-state index in [1.807, 2.05) is 24.0 Å². The predicted molar refractivity (Wildman–Crippen MR) is 141 cm³/mol. The summed E-state index contributed by atoms with van der Waals surface area (Å²) in [5, 5.41) is 0. The van der Waals surface area contributed by atoms with E-state index in [0.29, 0.717) is 37.6 Å². The first-order valence-electron chi connectivity index (χ1n) is 13.7. The molecule has 0 spiro atoms. The summed E-state index contributed by atoms with van der Waals surface area (Å²) in [5.74, 6) is 0.369. The van der Waals surface area contributed by atoms with Crippen molar-refractivity contribution in [3.63, 3.8) is 0 Å². The Morgan fingerprint density at radius 2 is 1.66 bits per heavy atom. The summed E-state index contributed by atoms with van der Waals surface area (Å²) in [5.41, 5.74) is 2.05. The van der Waals surface area contributed by atoms with Crippen LogP contribution in [0.1, 0.15) is 58.4 Å². The first-order valence-corrected chi connectivity index (χ1v) is 13.7. The smallest absolute Gasteiger partial charge is 0.237 e. The third-order valence-electron chi connectivity index (χ3n) is 8.44. The number of carbonyl (C=O) groups excluding carboxylic acids is 2. The molecule has 2 fully saturated rings. The van der Waals surface area contributed by atoms with E-state index in [1.165, 1.54) is 6.42 Å². The third kappa shape index (κ3) is 6.25. The molecule has 1 aromatic carbocycles. The van der Waals surface area contributed by atoms with Gasteiger partial charge in [-0.3, -0.25) is 24.3 Å². The van der Waals surface area contributed by atoms with Crippen molar-refractivity contribution in [2.45, 2.75) is 77.5 Å². The number of anilines is 1. The molecule has 2 bridgehead atoms. The number of piperazine rings is 1. The van der Waals surface area contributed by atoms with Gasteiger partial charge in [-0.2, -0.15) is 0 Å². The topological polar surface area (TPSA) is 50.3 Å². The van der Waals surface area contributed by atoms with Crippen LogP contribution in [-0.2, 0) is 16.1 Å². The van der Waals surface area contributed by atoms with E-state index in [4.69, 9.17) is 0 Å². The van der Waals surface area contributed by atoms with Crippen molar-refractivity contribution in [2.75, 3.05) is 57.8 Å². The molecule has 35 heavy (non-hydrogen) atoms. The van der Waals surface area contributed by atoms with Crippen LogP contribution in [-0.4, -0.2) is 102 Å². The molecule has 3 aliphatic rings. The monoisotopic (exact) mass is 483 g/mol. The second kappa shape index (κ2) is 11.8. The van der Waals surface area contributed by atoms with E-state index in [0.717, 1.165) is 69.8 Å². The van der Waals surface area contributed by atoms with Gasteiger partial charge in [-0.15, -0.1) is 0 Å². The third-order valence-corrected chi connectivity index (χ3v) is 8.44. The number of hydrogen-bond donors (Lipinski definition) is 0. The molecule has 0 N–H and O–H groups in total. The largest absolute Gasteiger partial charge is 0.336 e. The summed E-state index contributed by atoms with van der Waals surface area (Å²) in [7, 11) is 2.22. The Hall–Kier alpha value is -1.96. The highest BCUT2D eigenvalue weighted by molar-refractivity contribution is 5.94. The average Bonchev–Trinajstić information content (AvgIpc) is 2.87. The van der Waals surface area contributed by atoms with Crippen LogP contribution in [0.2, 0.25) is 0 Å². The van der Waals surface area contributed by atoms with E-state index >= 15 is 0 Å². The van der Waals surface area contributed by atoms with Gasteiger partial charge in [0.2, 0.25) is 11.8 Å². The zero-order valence-electron chi connectivity index (χ0n) is 22.3. The number of para-hydroxylation sites is 1. The lowest BCUT2D eigenvalue weighted by Gasteiger charge is -2.42. The van der Waals surface area contributed by atoms with Crippen LogP contribution in [0.3, 0.4) is 0 Å². The summed E-state index contributed by atoms with van der Waals surface area (Å²) >= 11 is 0. The zero-order chi connectivity index (χ0) is 24.9. The summed E-state index contributed by atoms with van der Waals surface area (Å²) in [6.07, 6.45) is 4.94. The molecule has 7 heteroatoms. The maximum atomic E-state index is 13.8. The Morgan fingerprint density at radius 1 is 0.943 bits per heavy atom. The molecule has 3 heterocycles. The minimum absolute atomic E-state index is 0.160. The van der Waals surface area contributed by atoms with Crippen LogP contribution in [0, 0.1) is 0 Å². The first kappa shape index (κ1) is 26.1. The number of piperidine rings is 1. The first-order chi connectivity index (χ1) is 16.9. The number of fused-ring (bicyclic) bond motifs is 3. The standard InChI is InChI=1S/C28H45N5O2/c1-5-27(34)33-14-13-24-10-8-11-25(29(24)4)20-32(19-23-9-6-7-12-26(23)33)28(35)21-30-15-17-31(18-16-30)22(2)3/h6-7,9,12,22,24-25H,5,8,10-11,13-21H2,1-4H3. The lowest BCUT2D eigenvalue weighted by molar-refractivity contribution is -0.134. The highest BCUT2D eigenvalue weighted by atomic mass is 16.2. The molecule has 7 nitrogen and oxygen atoms in total. The molecule has 0 saturated carbocycles. The van der Waals surface area contributed by atoms with Crippen molar-refractivity contribution in [3.05, 3.63) is 29.8 Å². The minimum Gasteiger partial charge on any atom is -0.336 e. The molecule has 0 aromatic heterocycles. The van der Waals surface area contributed by atoms with Crippen LogP contribution in [0.5, 0.6) is 0 Å². The van der Waals surface area contributed by atoms with Crippen LogP contribution >= 0.6 is 0 Å². The maximum Gasteiger partial charge on any atom is 0.237 e. The fraction of sp³-hybridized carbons (Fsp3) is 0.714. The number of carbonyl (C=O) groups is 2. The van der Waals surface area contributed by atoms with Gasteiger partial charge in [-0.05, 0) is 51.8 Å². The maximum absolute atomic E-state index is 13.8. The SMILES string of the molecule is CCC(=O)N1CCC2CCCC(CN(C(=O)CN3CCN(C(C)C)CC3)Cc3ccccc31)N2C. The summed E-state index contributed by atoms with van der Waals surface area (Å²) in [6, 6.07) is 9.58. The van der Waals surface area contributed by atoms with Crippen molar-refractivity contribution < 1.29 is 9.59 Å². The predicted octanol–water partition coefficient (Wildman–Crippen LogP) is 3.04. The lowest BCUT2D eigenvalue weighted by atomic mass is 9.93. The normalized spacial score (nSPS) is 25.3. The summed E-state index contributed by atoms with van der Waals surface area (Å²) in [6.45, 7) is 12.9. The highest BCUT2D eigenvalue weighted by Gasteiger charge is 2.33. The Morgan fingerprint density at radius 3 is 2.37 bits per heavy atom. The molecular weight excluding hydrogens is 438 g/mol. The van der Waals surface area contributed by atoms with E-state index in [1.54, 1.807) is 0 Å². The van der Waals surface area contributed by atoms with Crippen molar-refractivity contribution in [1.29, 1.82) is 0 Å². The molecule has 0 radical (unpaired) electrons. The highest BCUT2D eigenvalue weighted by Crippen LogP contribution is 2.30. The van der Waals surface area contributed by atoms with Gasteiger partial charge in [0.15, 0.2) is 0 Å². The molecule has 194 valence electrons. The van der Waals surface area contributed by atoms with Gasteiger partial charge < -0.3 is 9.80 Å². The number of amides is 2. The fourth-order valence-corrected chi connectivity index (χ4v) is 6.06. The molecule has 1 aromatic rings. The molecule has 2 atom stereocenters. The minimum atomic E-state index is 0.160. The second-order valence-electron chi connectivity index (χ2n) is 10.9. The van der Waals surface area contributed by atoms with Crippen LogP contribution in [0.25, 0.3) is 0 Å². The summed E-state index contributed by atoms with van der Waals surface area (Å²) in [4.78, 5) is 38.1. The van der Waals surface area contributed by atoms with E-state index in [-0.39, 0.29) is 11.8 Å².